The average Bonchev–Trinajstić information content (AvgIpc) is 2.78. The number of halogens is 3. The van der Waals surface area contributed by atoms with Crippen LogP contribution < -0.4 is 10.5 Å². The van der Waals surface area contributed by atoms with Crippen LogP contribution in [0.25, 0.3) is 0 Å². The summed E-state index contributed by atoms with van der Waals surface area (Å²) in [7, 11) is -4.13. The number of alkyl halides is 3. The number of benzene rings is 1. The molecule has 0 saturated heterocycles. The number of rotatable bonds is 3. The molecule has 3 N–H and O–H groups in total. The maximum absolute atomic E-state index is 12.6. The van der Waals surface area contributed by atoms with Crippen LogP contribution in [0.2, 0.25) is 0 Å². The molecule has 2 aromatic rings. The van der Waals surface area contributed by atoms with Gasteiger partial charge in [0.15, 0.2) is 0 Å². The summed E-state index contributed by atoms with van der Waals surface area (Å²) < 4.78 is 63.5. The first kappa shape index (κ1) is 15.5. The maximum atomic E-state index is 12.6. The van der Waals surface area contributed by atoms with Gasteiger partial charge in [0.05, 0.1) is 11.3 Å². The number of nitrogens with one attached hydrogen (secondary N) is 1. The van der Waals surface area contributed by atoms with Gasteiger partial charge >= 0.3 is 6.18 Å². The SMILES string of the molecule is Cc1ccc(C(F)(F)F)cc1NS(=O)(=O)c1nnc(N)s1. The first-order chi connectivity index (χ1) is 9.59. The molecular formula is C10H9F3N4O2S2. The normalized spacial score (nSPS) is 12.4. The fourth-order valence-corrected chi connectivity index (χ4v) is 3.33. The van der Waals surface area contributed by atoms with Crippen molar-refractivity contribution in [1.29, 1.82) is 0 Å². The van der Waals surface area contributed by atoms with Crippen molar-refractivity contribution in [2.24, 2.45) is 0 Å². The Kier molecular flexibility index (Phi) is 3.80. The fourth-order valence-electron chi connectivity index (χ4n) is 1.43. The highest BCUT2D eigenvalue weighted by Gasteiger charge is 2.31. The zero-order chi connectivity index (χ0) is 15.8. The Morgan fingerprint density at radius 1 is 1.29 bits per heavy atom. The van der Waals surface area contributed by atoms with Crippen molar-refractivity contribution in [1.82, 2.24) is 10.2 Å². The van der Waals surface area contributed by atoms with E-state index in [9.17, 15) is 21.6 Å². The lowest BCUT2D eigenvalue weighted by atomic mass is 10.1. The monoisotopic (exact) mass is 338 g/mol. The summed E-state index contributed by atoms with van der Waals surface area (Å²) in [5, 5.41) is 6.65. The lowest BCUT2D eigenvalue weighted by molar-refractivity contribution is -0.137. The quantitative estimate of drug-likeness (QED) is 0.894. The highest BCUT2D eigenvalue weighted by Crippen LogP contribution is 2.33. The van der Waals surface area contributed by atoms with Crippen molar-refractivity contribution in [2.75, 3.05) is 10.5 Å². The van der Waals surface area contributed by atoms with E-state index in [1.807, 2.05) is 0 Å². The number of nitrogens with zero attached hydrogens (tertiary/aromatic N) is 2. The summed E-state index contributed by atoms with van der Waals surface area (Å²) in [5.74, 6) is 0. The standard InChI is InChI=1S/C10H9F3N4O2S2/c1-5-2-3-6(10(11,12)13)4-7(5)17-21(18,19)9-16-15-8(14)20-9/h2-4,17H,1H3,(H2,14,15). The number of hydrogen-bond acceptors (Lipinski definition) is 6. The minimum atomic E-state index is -4.57. The molecule has 21 heavy (non-hydrogen) atoms. The molecule has 0 fully saturated rings. The van der Waals surface area contributed by atoms with Crippen molar-refractivity contribution in [3.8, 4) is 0 Å². The second-order valence-electron chi connectivity index (χ2n) is 4.04. The Morgan fingerprint density at radius 2 is 1.95 bits per heavy atom. The van der Waals surface area contributed by atoms with Gasteiger partial charge in [-0.1, -0.05) is 17.4 Å². The van der Waals surface area contributed by atoms with Gasteiger partial charge in [0.2, 0.25) is 5.13 Å². The molecule has 0 aliphatic carbocycles. The largest absolute Gasteiger partial charge is 0.416 e. The number of aryl methyl sites for hydroxylation is 1. The Morgan fingerprint density at radius 3 is 2.48 bits per heavy atom. The first-order valence-corrected chi connectivity index (χ1v) is 7.69. The number of nitrogen functional groups attached to an aromatic ring is 1. The van der Waals surface area contributed by atoms with E-state index in [1.54, 1.807) is 0 Å². The molecule has 1 aromatic carbocycles. The summed E-state index contributed by atoms with van der Waals surface area (Å²) in [4.78, 5) is 0. The lowest BCUT2D eigenvalue weighted by Gasteiger charge is -2.12. The lowest BCUT2D eigenvalue weighted by Crippen LogP contribution is -2.15. The van der Waals surface area contributed by atoms with E-state index in [-0.39, 0.29) is 10.8 Å². The van der Waals surface area contributed by atoms with Gasteiger partial charge in [-0.25, -0.2) is 0 Å². The predicted molar refractivity (Wildman–Crippen MR) is 71.3 cm³/mol. The van der Waals surface area contributed by atoms with Gasteiger partial charge < -0.3 is 5.73 Å². The third-order valence-corrected chi connectivity index (χ3v) is 4.95. The van der Waals surface area contributed by atoms with Crippen LogP contribution in [0.15, 0.2) is 22.5 Å². The fraction of sp³-hybridized carbons (Fsp3) is 0.200. The molecule has 114 valence electrons. The van der Waals surface area contributed by atoms with Gasteiger partial charge in [-0.2, -0.15) is 21.6 Å². The van der Waals surface area contributed by atoms with Gasteiger partial charge in [-0.3, -0.25) is 4.72 Å². The van der Waals surface area contributed by atoms with Gasteiger partial charge in [0.25, 0.3) is 14.4 Å². The summed E-state index contributed by atoms with van der Waals surface area (Å²) >= 11 is 0.612. The van der Waals surface area contributed by atoms with Gasteiger partial charge in [0, 0.05) is 0 Å². The van der Waals surface area contributed by atoms with Crippen LogP contribution in [0.5, 0.6) is 0 Å². The van der Waals surface area contributed by atoms with Gasteiger partial charge in [-0.05, 0) is 24.6 Å². The van der Waals surface area contributed by atoms with Crippen molar-refractivity contribution in [3.05, 3.63) is 29.3 Å². The van der Waals surface area contributed by atoms with Crippen LogP contribution in [0.3, 0.4) is 0 Å². The smallest absolute Gasteiger partial charge is 0.374 e. The molecule has 0 amide bonds. The van der Waals surface area contributed by atoms with Crippen molar-refractivity contribution in [3.63, 3.8) is 0 Å². The summed E-state index contributed by atoms with van der Waals surface area (Å²) in [5.41, 5.74) is 4.48. The van der Waals surface area contributed by atoms with Crippen LogP contribution in [-0.2, 0) is 16.2 Å². The van der Waals surface area contributed by atoms with Crippen LogP contribution in [0.4, 0.5) is 24.0 Å². The predicted octanol–water partition coefficient (Wildman–Crippen LogP) is 2.25. The Hall–Kier alpha value is -1.88. The molecule has 0 aliphatic heterocycles. The van der Waals surface area contributed by atoms with Crippen LogP contribution in [0.1, 0.15) is 11.1 Å². The van der Waals surface area contributed by atoms with Crippen LogP contribution in [0, 0.1) is 6.92 Å². The highest BCUT2D eigenvalue weighted by molar-refractivity contribution is 7.94. The Balaban J connectivity index is 2.39. The van der Waals surface area contributed by atoms with Crippen molar-refractivity contribution in [2.45, 2.75) is 17.4 Å². The number of anilines is 2. The topological polar surface area (TPSA) is 98.0 Å². The van der Waals surface area contributed by atoms with E-state index >= 15 is 0 Å². The van der Waals surface area contributed by atoms with Gasteiger partial charge in [0.1, 0.15) is 0 Å². The molecule has 1 aromatic heterocycles. The molecule has 0 aliphatic rings. The highest BCUT2D eigenvalue weighted by atomic mass is 32.2. The van der Waals surface area contributed by atoms with E-state index in [2.05, 4.69) is 14.9 Å². The van der Waals surface area contributed by atoms with Crippen LogP contribution in [-0.4, -0.2) is 18.6 Å². The molecule has 2 rings (SSSR count). The number of nitrogens with two attached hydrogens (primary N) is 1. The summed E-state index contributed by atoms with van der Waals surface area (Å²) in [6.45, 7) is 1.48. The van der Waals surface area contributed by atoms with Crippen LogP contribution >= 0.6 is 11.3 Å². The molecule has 0 atom stereocenters. The van der Waals surface area contributed by atoms with E-state index in [1.165, 1.54) is 13.0 Å². The summed E-state index contributed by atoms with van der Waals surface area (Å²) in [6, 6.07) is 2.77. The molecule has 11 heteroatoms. The molecule has 6 nitrogen and oxygen atoms in total. The minimum Gasteiger partial charge on any atom is -0.374 e. The minimum absolute atomic E-state index is 0.0591. The third kappa shape index (κ3) is 3.42. The Labute approximate surface area is 121 Å². The number of hydrogen-bond donors (Lipinski definition) is 2. The van der Waals surface area contributed by atoms with Crippen molar-refractivity contribution < 1.29 is 21.6 Å². The number of aromatic nitrogens is 2. The molecular weight excluding hydrogens is 329 g/mol. The Bertz CT molecular complexity index is 771. The average molecular weight is 338 g/mol. The second-order valence-corrected chi connectivity index (χ2v) is 6.90. The van der Waals surface area contributed by atoms with E-state index < -0.39 is 26.1 Å². The third-order valence-electron chi connectivity index (χ3n) is 2.46. The zero-order valence-corrected chi connectivity index (χ0v) is 12.1. The van der Waals surface area contributed by atoms with Gasteiger partial charge in [-0.15, -0.1) is 10.2 Å². The molecule has 0 spiro atoms. The number of sulfonamides is 1. The van der Waals surface area contributed by atoms with E-state index in [0.29, 0.717) is 16.9 Å². The van der Waals surface area contributed by atoms with E-state index in [0.717, 1.165) is 12.1 Å². The first-order valence-electron chi connectivity index (χ1n) is 5.39. The van der Waals surface area contributed by atoms with E-state index in [4.69, 9.17) is 5.73 Å². The molecule has 0 saturated carbocycles. The second kappa shape index (κ2) is 5.15. The maximum Gasteiger partial charge on any atom is 0.416 e. The summed E-state index contributed by atoms with van der Waals surface area (Å²) in [6.07, 6.45) is -4.57. The molecule has 0 radical (unpaired) electrons. The molecule has 0 unspecified atom stereocenters. The molecule has 1 heterocycles. The zero-order valence-electron chi connectivity index (χ0n) is 10.5. The van der Waals surface area contributed by atoms with Crippen molar-refractivity contribution >= 4 is 32.2 Å². The molecule has 0 bridgehead atoms.